The molecule has 0 aliphatic carbocycles. The topological polar surface area (TPSA) is 67.8 Å². The minimum absolute atomic E-state index is 0.195. The molecule has 6 nitrogen and oxygen atoms in total. The number of rotatable bonds is 5. The lowest BCUT2D eigenvalue weighted by Gasteiger charge is -2.28. The molecule has 3 rings (SSSR count). The van der Waals surface area contributed by atoms with Gasteiger partial charge in [0.25, 0.3) is 0 Å². The van der Waals surface area contributed by atoms with Gasteiger partial charge in [-0.3, -0.25) is 9.98 Å². The van der Waals surface area contributed by atoms with Gasteiger partial charge in [-0.15, -0.1) is 0 Å². The Morgan fingerprint density at radius 1 is 1.33 bits per heavy atom. The van der Waals surface area contributed by atoms with Gasteiger partial charge in [0.15, 0.2) is 5.96 Å². The van der Waals surface area contributed by atoms with Crippen LogP contribution in [0.5, 0.6) is 11.5 Å². The fourth-order valence-electron chi connectivity index (χ4n) is 2.62. The summed E-state index contributed by atoms with van der Waals surface area (Å²) in [7, 11) is 1.77. The third-order valence-electron chi connectivity index (χ3n) is 3.79. The van der Waals surface area contributed by atoms with Gasteiger partial charge < -0.3 is 20.1 Å². The molecule has 1 unspecified atom stereocenters. The maximum atomic E-state index is 5.69. The average molecular weight is 326 g/mol. The maximum absolute atomic E-state index is 5.69. The van der Waals surface area contributed by atoms with Crippen molar-refractivity contribution in [2.45, 2.75) is 12.5 Å². The Hall–Kier alpha value is -2.76. The Labute approximate surface area is 141 Å². The molecule has 0 fully saturated rings. The van der Waals surface area contributed by atoms with Gasteiger partial charge in [-0.25, -0.2) is 0 Å². The van der Waals surface area contributed by atoms with E-state index in [9.17, 15) is 0 Å². The van der Waals surface area contributed by atoms with Gasteiger partial charge in [-0.2, -0.15) is 0 Å². The number of para-hydroxylation sites is 1. The van der Waals surface area contributed by atoms with Crippen LogP contribution < -0.4 is 20.1 Å². The van der Waals surface area contributed by atoms with Crippen LogP contribution in [0, 0.1) is 0 Å². The van der Waals surface area contributed by atoms with Gasteiger partial charge in [-0.05, 0) is 18.2 Å². The van der Waals surface area contributed by atoms with Crippen LogP contribution in [-0.2, 0) is 0 Å². The van der Waals surface area contributed by atoms with Gasteiger partial charge >= 0.3 is 0 Å². The number of pyridine rings is 1. The summed E-state index contributed by atoms with van der Waals surface area (Å²) >= 11 is 0. The van der Waals surface area contributed by atoms with Crippen LogP contribution in [0.4, 0.5) is 0 Å². The molecule has 1 aliphatic rings. The van der Waals surface area contributed by atoms with E-state index in [4.69, 9.17) is 9.47 Å². The summed E-state index contributed by atoms with van der Waals surface area (Å²) in [5.41, 5.74) is 1.17. The van der Waals surface area contributed by atoms with Gasteiger partial charge in [0.1, 0.15) is 18.1 Å². The predicted octanol–water partition coefficient (Wildman–Crippen LogP) is 2.15. The molecule has 2 N–H and O–H groups in total. The highest BCUT2D eigenvalue weighted by atomic mass is 16.5. The Morgan fingerprint density at radius 2 is 2.25 bits per heavy atom. The normalized spacial score (nSPS) is 16.7. The summed E-state index contributed by atoms with van der Waals surface area (Å²) < 4.78 is 11.3. The second kappa shape index (κ2) is 8.19. The Kier molecular flexibility index (Phi) is 5.50. The number of hydrogen-bond donors (Lipinski definition) is 2. The minimum Gasteiger partial charge on any atom is -0.493 e. The SMILES string of the molecule is CN=C(NCCOc1cccnc1)NC1CCOc2ccccc21. The van der Waals surface area contributed by atoms with E-state index in [0.717, 1.165) is 23.9 Å². The van der Waals surface area contributed by atoms with Crippen molar-refractivity contribution >= 4 is 5.96 Å². The third-order valence-corrected chi connectivity index (χ3v) is 3.79. The number of benzene rings is 1. The molecular weight excluding hydrogens is 304 g/mol. The number of ether oxygens (including phenoxy) is 2. The summed E-state index contributed by atoms with van der Waals surface area (Å²) in [6, 6.07) is 12.0. The largest absolute Gasteiger partial charge is 0.493 e. The maximum Gasteiger partial charge on any atom is 0.191 e. The van der Waals surface area contributed by atoms with E-state index in [2.05, 4.69) is 26.7 Å². The predicted molar refractivity (Wildman–Crippen MR) is 93.5 cm³/mol. The van der Waals surface area contributed by atoms with Crippen LogP contribution in [0.1, 0.15) is 18.0 Å². The Balaban J connectivity index is 1.49. The van der Waals surface area contributed by atoms with Crippen LogP contribution >= 0.6 is 0 Å². The number of nitrogens with one attached hydrogen (secondary N) is 2. The van der Waals surface area contributed by atoms with Crippen LogP contribution in [0.3, 0.4) is 0 Å². The molecule has 0 spiro atoms. The van der Waals surface area contributed by atoms with E-state index < -0.39 is 0 Å². The van der Waals surface area contributed by atoms with Gasteiger partial charge in [0.2, 0.25) is 0 Å². The van der Waals surface area contributed by atoms with E-state index in [1.807, 2.05) is 30.3 Å². The fraction of sp³-hybridized carbons (Fsp3) is 0.333. The number of aromatic nitrogens is 1. The second-order valence-electron chi connectivity index (χ2n) is 5.41. The highest BCUT2D eigenvalue weighted by Gasteiger charge is 2.21. The molecule has 1 aromatic heterocycles. The fourth-order valence-corrected chi connectivity index (χ4v) is 2.62. The first-order valence-corrected chi connectivity index (χ1v) is 8.08. The second-order valence-corrected chi connectivity index (χ2v) is 5.41. The molecule has 0 bridgehead atoms. The van der Waals surface area contributed by atoms with Gasteiger partial charge in [0.05, 0.1) is 25.4 Å². The molecule has 1 atom stereocenters. The Bertz CT molecular complexity index is 676. The summed E-state index contributed by atoms with van der Waals surface area (Å²) in [6.07, 6.45) is 4.33. The van der Waals surface area contributed by atoms with Crippen molar-refractivity contribution in [3.63, 3.8) is 0 Å². The number of hydrogen-bond acceptors (Lipinski definition) is 4. The van der Waals surface area contributed by atoms with E-state index in [1.54, 1.807) is 19.4 Å². The third kappa shape index (κ3) is 4.16. The van der Waals surface area contributed by atoms with Crippen LogP contribution in [0.2, 0.25) is 0 Å². The summed E-state index contributed by atoms with van der Waals surface area (Å²) in [5, 5.41) is 6.72. The average Bonchev–Trinajstić information content (AvgIpc) is 2.65. The summed E-state index contributed by atoms with van der Waals surface area (Å²) in [5.74, 6) is 2.46. The van der Waals surface area contributed by atoms with Crippen LogP contribution in [0.25, 0.3) is 0 Å². The molecule has 1 aromatic carbocycles. The molecule has 0 saturated carbocycles. The Morgan fingerprint density at radius 3 is 3.08 bits per heavy atom. The van der Waals surface area contributed by atoms with Gasteiger partial charge in [-0.1, -0.05) is 18.2 Å². The van der Waals surface area contributed by atoms with Crippen molar-refractivity contribution in [1.29, 1.82) is 0 Å². The zero-order valence-corrected chi connectivity index (χ0v) is 13.7. The van der Waals surface area contributed by atoms with Crippen molar-refractivity contribution in [2.24, 2.45) is 4.99 Å². The zero-order valence-electron chi connectivity index (χ0n) is 13.7. The molecule has 126 valence electrons. The molecule has 0 amide bonds. The minimum atomic E-state index is 0.195. The van der Waals surface area contributed by atoms with E-state index in [-0.39, 0.29) is 6.04 Å². The molecule has 24 heavy (non-hydrogen) atoms. The van der Waals surface area contributed by atoms with E-state index in [0.29, 0.717) is 19.8 Å². The molecule has 0 saturated heterocycles. The zero-order chi connectivity index (χ0) is 16.6. The summed E-state index contributed by atoms with van der Waals surface area (Å²) in [6.45, 7) is 1.89. The van der Waals surface area contributed by atoms with Crippen LogP contribution in [-0.4, -0.2) is 37.7 Å². The lowest BCUT2D eigenvalue weighted by molar-refractivity contribution is 0.261. The molecular formula is C18H22N4O2. The van der Waals surface area contributed by atoms with Crippen molar-refractivity contribution < 1.29 is 9.47 Å². The highest BCUT2D eigenvalue weighted by molar-refractivity contribution is 5.80. The first-order chi connectivity index (χ1) is 11.9. The number of fused-ring (bicyclic) bond motifs is 1. The van der Waals surface area contributed by atoms with Gasteiger partial charge in [0, 0.05) is 25.2 Å². The van der Waals surface area contributed by atoms with Crippen molar-refractivity contribution in [3.8, 4) is 11.5 Å². The number of guanidine groups is 1. The van der Waals surface area contributed by atoms with E-state index in [1.165, 1.54) is 5.56 Å². The smallest absolute Gasteiger partial charge is 0.191 e. The van der Waals surface area contributed by atoms with Crippen molar-refractivity contribution in [1.82, 2.24) is 15.6 Å². The van der Waals surface area contributed by atoms with Crippen molar-refractivity contribution in [2.75, 3.05) is 26.8 Å². The van der Waals surface area contributed by atoms with Crippen LogP contribution in [0.15, 0.2) is 53.8 Å². The lowest BCUT2D eigenvalue weighted by Crippen LogP contribution is -2.42. The van der Waals surface area contributed by atoms with Crippen molar-refractivity contribution in [3.05, 3.63) is 54.4 Å². The van der Waals surface area contributed by atoms with E-state index >= 15 is 0 Å². The molecule has 1 aliphatic heterocycles. The monoisotopic (exact) mass is 326 g/mol. The molecule has 6 heteroatoms. The highest BCUT2D eigenvalue weighted by Crippen LogP contribution is 2.31. The number of nitrogens with zero attached hydrogens (tertiary/aromatic N) is 2. The lowest BCUT2D eigenvalue weighted by atomic mass is 10.0. The molecule has 2 aromatic rings. The first kappa shape index (κ1) is 16.1. The number of aliphatic imine (C=N–C) groups is 1. The standard InChI is InChI=1S/C18H22N4O2/c1-19-18(21-10-12-23-14-5-4-9-20-13-14)22-16-8-11-24-17-7-3-2-6-15(16)17/h2-7,9,13,16H,8,10-12H2,1H3,(H2,19,21,22). The summed E-state index contributed by atoms with van der Waals surface area (Å²) in [4.78, 5) is 8.31. The molecule has 2 heterocycles. The quantitative estimate of drug-likeness (QED) is 0.501. The first-order valence-electron chi connectivity index (χ1n) is 8.08. The molecule has 0 radical (unpaired) electrons.